The molecule has 128 valence electrons. The molecule has 5 heteroatoms. The number of rotatable bonds is 6. The fourth-order valence-corrected chi connectivity index (χ4v) is 2.30. The topological polar surface area (TPSA) is 81.6 Å². The van der Waals surface area contributed by atoms with Gasteiger partial charge in [0.2, 0.25) is 0 Å². The Balaban J connectivity index is 2.05. The number of hydrogen-bond acceptors (Lipinski definition) is 4. The molecular weight excluding hydrogens is 302 g/mol. The molecule has 0 aliphatic heterocycles. The number of carbonyl (C=O) groups is 1. The molecule has 0 aromatic heterocycles. The van der Waals surface area contributed by atoms with E-state index in [1.165, 1.54) is 0 Å². The van der Waals surface area contributed by atoms with Crippen LogP contribution in [0.2, 0.25) is 0 Å². The number of nitrogen functional groups attached to an aromatic ring is 2. The molecule has 0 radical (unpaired) electrons. The first-order valence-corrected chi connectivity index (χ1v) is 8.08. The summed E-state index contributed by atoms with van der Waals surface area (Å²) < 4.78 is 5.36. The number of amides is 1. The van der Waals surface area contributed by atoms with E-state index in [0.29, 0.717) is 18.8 Å². The summed E-state index contributed by atoms with van der Waals surface area (Å²) in [5.74, 6) is 0. The van der Waals surface area contributed by atoms with E-state index in [4.69, 9.17) is 16.2 Å². The van der Waals surface area contributed by atoms with E-state index in [1.54, 1.807) is 4.90 Å². The summed E-state index contributed by atoms with van der Waals surface area (Å²) in [6, 6.07) is 15.2. The van der Waals surface area contributed by atoms with Crippen molar-refractivity contribution >= 4 is 17.5 Å². The van der Waals surface area contributed by atoms with Crippen LogP contribution < -0.4 is 11.5 Å². The molecule has 0 aliphatic carbocycles. The molecule has 1 amide bonds. The summed E-state index contributed by atoms with van der Waals surface area (Å²) in [5.41, 5.74) is 15.0. The first-order valence-electron chi connectivity index (χ1n) is 8.08. The van der Waals surface area contributed by atoms with Gasteiger partial charge in [0.05, 0.1) is 6.10 Å². The Morgan fingerprint density at radius 1 is 0.958 bits per heavy atom. The third-order valence-corrected chi connectivity index (χ3v) is 3.60. The summed E-state index contributed by atoms with van der Waals surface area (Å²) in [6.07, 6.45) is 0.280. The van der Waals surface area contributed by atoms with Gasteiger partial charge < -0.3 is 21.1 Å². The summed E-state index contributed by atoms with van der Waals surface area (Å²) in [5, 5.41) is 0. The maximum absolute atomic E-state index is 12.4. The van der Waals surface area contributed by atoms with E-state index < -0.39 is 0 Å². The van der Waals surface area contributed by atoms with Crippen LogP contribution in [0.5, 0.6) is 0 Å². The number of benzene rings is 2. The molecule has 24 heavy (non-hydrogen) atoms. The predicted octanol–water partition coefficient (Wildman–Crippen LogP) is 3.44. The number of carbonyl (C=O) groups excluding carboxylic acids is 1. The van der Waals surface area contributed by atoms with Crippen LogP contribution in [-0.2, 0) is 17.7 Å². The monoisotopic (exact) mass is 327 g/mol. The third kappa shape index (κ3) is 5.50. The normalized spacial score (nSPS) is 10.6. The van der Waals surface area contributed by atoms with Crippen LogP contribution >= 0.6 is 0 Å². The lowest BCUT2D eigenvalue weighted by Crippen LogP contribution is -2.34. The lowest BCUT2D eigenvalue weighted by atomic mass is 10.1. The first kappa shape index (κ1) is 17.7. The molecule has 0 bridgehead atoms. The van der Waals surface area contributed by atoms with Gasteiger partial charge >= 0.3 is 6.09 Å². The number of anilines is 2. The smallest absolute Gasteiger partial charge is 0.410 e. The van der Waals surface area contributed by atoms with Crippen LogP contribution in [-0.4, -0.2) is 23.6 Å². The van der Waals surface area contributed by atoms with Gasteiger partial charge in [-0.2, -0.15) is 0 Å². The Bertz CT molecular complexity index is 651. The molecule has 0 spiro atoms. The zero-order valence-corrected chi connectivity index (χ0v) is 14.2. The molecule has 0 unspecified atom stereocenters. The van der Waals surface area contributed by atoms with E-state index >= 15 is 0 Å². The van der Waals surface area contributed by atoms with Crippen LogP contribution in [0.25, 0.3) is 0 Å². The standard InChI is InChI=1S/C19H25N3O2/c1-14(2)24-19(23)22(13-16-5-9-18(21)10-6-16)12-11-15-3-7-17(20)8-4-15/h3-10,14H,11-13,20-21H2,1-2H3. The second kappa shape index (κ2) is 8.24. The Labute approximate surface area is 143 Å². The van der Waals surface area contributed by atoms with Crippen molar-refractivity contribution in [1.82, 2.24) is 4.90 Å². The van der Waals surface area contributed by atoms with Gasteiger partial charge in [-0.3, -0.25) is 0 Å². The maximum Gasteiger partial charge on any atom is 0.410 e. The van der Waals surface area contributed by atoms with Gasteiger partial charge in [-0.05, 0) is 55.7 Å². The minimum absolute atomic E-state index is 0.150. The summed E-state index contributed by atoms with van der Waals surface area (Å²) in [6.45, 7) is 4.75. The molecule has 5 nitrogen and oxygen atoms in total. The van der Waals surface area contributed by atoms with E-state index in [2.05, 4.69) is 0 Å². The minimum atomic E-state index is -0.308. The molecule has 2 rings (SSSR count). The highest BCUT2D eigenvalue weighted by molar-refractivity contribution is 5.68. The van der Waals surface area contributed by atoms with Crippen LogP contribution in [0.4, 0.5) is 16.2 Å². The van der Waals surface area contributed by atoms with Gasteiger partial charge in [-0.15, -0.1) is 0 Å². The van der Waals surface area contributed by atoms with Crippen LogP contribution in [0.3, 0.4) is 0 Å². The Hall–Kier alpha value is -2.69. The van der Waals surface area contributed by atoms with Crippen LogP contribution in [0.1, 0.15) is 25.0 Å². The quantitative estimate of drug-likeness (QED) is 0.796. The highest BCUT2D eigenvalue weighted by Crippen LogP contribution is 2.12. The molecule has 0 fully saturated rings. The van der Waals surface area contributed by atoms with Crippen molar-refractivity contribution in [2.75, 3.05) is 18.0 Å². The summed E-state index contributed by atoms with van der Waals surface area (Å²) in [7, 11) is 0. The first-order chi connectivity index (χ1) is 11.4. The van der Waals surface area contributed by atoms with Crippen LogP contribution in [0.15, 0.2) is 48.5 Å². The van der Waals surface area contributed by atoms with Crippen LogP contribution in [0, 0.1) is 0 Å². The third-order valence-electron chi connectivity index (χ3n) is 3.60. The lowest BCUT2D eigenvalue weighted by Gasteiger charge is -2.23. The zero-order chi connectivity index (χ0) is 17.5. The SMILES string of the molecule is CC(C)OC(=O)N(CCc1ccc(N)cc1)Cc1ccc(N)cc1. The van der Waals surface area contributed by atoms with Gasteiger partial charge in [0.25, 0.3) is 0 Å². The molecular formula is C19H25N3O2. The average molecular weight is 327 g/mol. The highest BCUT2D eigenvalue weighted by Gasteiger charge is 2.16. The molecule has 2 aromatic rings. The van der Waals surface area contributed by atoms with Gasteiger partial charge in [-0.25, -0.2) is 4.79 Å². The molecule has 0 saturated carbocycles. The van der Waals surface area contributed by atoms with Crippen molar-refractivity contribution in [3.05, 3.63) is 59.7 Å². The molecule has 0 aliphatic rings. The highest BCUT2D eigenvalue weighted by atomic mass is 16.6. The summed E-state index contributed by atoms with van der Waals surface area (Å²) in [4.78, 5) is 14.1. The number of nitrogens with two attached hydrogens (primary N) is 2. The second-order valence-corrected chi connectivity index (χ2v) is 6.09. The van der Waals surface area contributed by atoms with E-state index in [0.717, 1.165) is 23.2 Å². The Morgan fingerprint density at radius 3 is 1.96 bits per heavy atom. The van der Waals surface area contributed by atoms with E-state index in [1.807, 2.05) is 62.4 Å². The number of nitrogens with zero attached hydrogens (tertiary/aromatic N) is 1. The van der Waals surface area contributed by atoms with E-state index in [-0.39, 0.29) is 12.2 Å². The minimum Gasteiger partial charge on any atom is -0.447 e. The van der Waals surface area contributed by atoms with Crippen molar-refractivity contribution < 1.29 is 9.53 Å². The average Bonchev–Trinajstić information content (AvgIpc) is 2.54. The molecule has 0 heterocycles. The lowest BCUT2D eigenvalue weighted by molar-refractivity contribution is 0.0748. The number of ether oxygens (including phenoxy) is 1. The van der Waals surface area contributed by atoms with Gasteiger partial charge in [0.1, 0.15) is 0 Å². The van der Waals surface area contributed by atoms with Gasteiger partial charge in [0, 0.05) is 24.5 Å². The Kier molecular flexibility index (Phi) is 6.07. The molecule has 4 N–H and O–H groups in total. The second-order valence-electron chi connectivity index (χ2n) is 6.09. The zero-order valence-electron chi connectivity index (χ0n) is 14.2. The van der Waals surface area contributed by atoms with Crippen molar-refractivity contribution in [2.24, 2.45) is 0 Å². The summed E-state index contributed by atoms with van der Waals surface area (Å²) >= 11 is 0. The largest absolute Gasteiger partial charge is 0.447 e. The Morgan fingerprint density at radius 2 is 1.46 bits per heavy atom. The maximum atomic E-state index is 12.4. The fourth-order valence-electron chi connectivity index (χ4n) is 2.30. The van der Waals surface area contributed by atoms with Crippen molar-refractivity contribution in [1.29, 1.82) is 0 Å². The van der Waals surface area contributed by atoms with Gasteiger partial charge in [0.15, 0.2) is 0 Å². The van der Waals surface area contributed by atoms with E-state index in [9.17, 15) is 4.79 Å². The molecule has 0 atom stereocenters. The molecule has 2 aromatic carbocycles. The van der Waals surface area contributed by atoms with Crippen molar-refractivity contribution in [3.63, 3.8) is 0 Å². The molecule has 0 saturated heterocycles. The van der Waals surface area contributed by atoms with Gasteiger partial charge in [-0.1, -0.05) is 24.3 Å². The fraction of sp³-hybridized carbons (Fsp3) is 0.316. The number of hydrogen-bond donors (Lipinski definition) is 2. The van der Waals surface area contributed by atoms with Crippen molar-refractivity contribution in [2.45, 2.75) is 32.9 Å². The predicted molar refractivity (Wildman–Crippen MR) is 97.4 cm³/mol. The van der Waals surface area contributed by atoms with Crippen molar-refractivity contribution in [3.8, 4) is 0 Å².